The molecule has 0 aliphatic carbocycles. The first-order valence-electron chi connectivity index (χ1n) is 28.5. The van der Waals surface area contributed by atoms with Gasteiger partial charge in [0, 0.05) is 49.8 Å². The van der Waals surface area contributed by atoms with Crippen LogP contribution in [-0.4, -0.2) is 19.1 Å². The maximum Gasteiger partial charge on any atom is 0.297 e. The normalized spacial score (nSPS) is 11.9. The summed E-state index contributed by atoms with van der Waals surface area (Å²) in [6.45, 7) is 31.1. The van der Waals surface area contributed by atoms with Crippen LogP contribution in [0.5, 0.6) is 0 Å². The van der Waals surface area contributed by atoms with Crippen LogP contribution in [0, 0.1) is 41.5 Å². The zero-order chi connectivity index (χ0) is 56.6. The first-order valence-corrected chi connectivity index (χ1v) is 28.5. The Bertz CT molecular complexity index is 4270. The Kier molecular flexibility index (Phi) is 14.1. The van der Waals surface area contributed by atoms with Crippen LogP contribution in [-0.2, 0) is 14.1 Å². The van der Waals surface area contributed by atoms with Gasteiger partial charge in [0.1, 0.15) is 47.3 Å². The lowest BCUT2D eigenvalue weighted by atomic mass is 9.88. The van der Waals surface area contributed by atoms with Crippen LogP contribution in [0.25, 0.3) is 101 Å². The van der Waals surface area contributed by atoms with E-state index < -0.39 is 0 Å². The summed E-state index contributed by atoms with van der Waals surface area (Å²) in [6, 6.07) is 44.0. The summed E-state index contributed by atoms with van der Waals surface area (Å²) in [5.74, 6) is 3.58. The maximum absolute atomic E-state index is 6.59. The van der Waals surface area contributed by atoms with Crippen molar-refractivity contribution in [1.82, 2.24) is 19.1 Å². The van der Waals surface area contributed by atoms with E-state index >= 15 is 0 Å². The zero-order valence-electron chi connectivity index (χ0n) is 49.7. The van der Waals surface area contributed by atoms with Crippen LogP contribution < -0.4 is 9.13 Å². The van der Waals surface area contributed by atoms with Gasteiger partial charge >= 0.3 is 0 Å². The monoisotopic (exact) mass is 1060 g/mol. The van der Waals surface area contributed by atoms with E-state index in [1.807, 2.05) is 13.8 Å². The second-order valence-electron chi connectivity index (χ2n) is 23.6. The molecule has 0 bridgehead atoms. The number of imidazole rings is 2. The minimum absolute atomic E-state index is 0.342. The maximum atomic E-state index is 6.59. The molecule has 6 aromatic carbocycles. The Balaban J connectivity index is 0.000000169. The summed E-state index contributed by atoms with van der Waals surface area (Å²) < 4.78 is 22.4. The van der Waals surface area contributed by atoms with Gasteiger partial charge in [-0.3, -0.25) is 0 Å². The number of pyridine rings is 2. The van der Waals surface area contributed by atoms with Crippen molar-refractivity contribution < 1.29 is 18.0 Å². The van der Waals surface area contributed by atoms with Gasteiger partial charge in [0.15, 0.2) is 11.2 Å². The fourth-order valence-corrected chi connectivity index (χ4v) is 12.3. The fourth-order valence-electron chi connectivity index (χ4n) is 12.3. The average Bonchev–Trinajstić information content (AvgIpc) is 4.35. The number of furan rings is 2. The van der Waals surface area contributed by atoms with Crippen LogP contribution in [0.2, 0.25) is 0 Å². The Morgan fingerprint density at radius 2 is 0.838 bits per heavy atom. The summed E-state index contributed by atoms with van der Waals surface area (Å²) in [6.07, 6.45) is 8.73. The molecular weight excluding hydrogens is 981 g/mol. The van der Waals surface area contributed by atoms with Gasteiger partial charge < -0.3 is 8.83 Å². The van der Waals surface area contributed by atoms with Crippen LogP contribution in [0.1, 0.15) is 135 Å². The summed E-state index contributed by atoms with van der Waals surface area (Å²) in [5.41, 5.74) is 25.0. The van der Waals surface area contributed by atoms with E-state index in [4.69, 9.17) is 18.8 Å². The molecule has 8 heteroatoms. The van der Waals surface area contributed by atoms with Crippen molar-refractivity contribution in [2.75, 3.05) is 0 Å². The number of fused-ring (bicyclic) bond motifs is 6. The van der Waals surface area contributed by atoms with Crippen molar-refractivity contribution in [2.45, 2.75) is 121 Å². The highest BCUT2D eigenvalue weighted by atomic mass is 16.3. The van der Waals surface area contributed by atoms with Gasteiger partial charge in [0.25, 0.3) is 11.6 Å². The number of rotatable bonds is 10. The molecule has 0 spiro atoms. The lowest BCUT2D eigenvalue weighted by molar-refractivity contribution is -0.659. The molecule has 0 saturated heterocycles. The SMILES string of the molecule is Cc1cc(C)c2c(n1)oc1c(-c3n(-c4c(C(C)C)cc(-c5ccccc5)cc4C(C)C)cc[n+]3C)c(C)ccc12.Cc1ccc2c(n1)oc1c(-c3n(-c4c(C(C)C)cc(-c5ccccc5)cc4C(C)C)cc[n+]3C)c(C)cc(C)c12. The number of aromatic nitrogens is 6. The second kappa shape index (κ2) is 21.0. The van der Waals surface area contributed by atoms with Gasteiger partial charge in [-0.25, -0.2) is 19.1 Å². The van der Waals surface area contributed by atoms with Gasteiger partial charge in [-0.05, 0) is 152 Å². The van der Waals surface area contributed by atoms with E-state index in [0.29, 0.717) is 35.1 Å². The van der Waals surface area contributed by atoms with Crippen molar-refractivity contribution in [3.63, 3.8) is 0 Å². The predicted octanol–water partition coefficient (Wildman–Crippen LogP) is 18.2. The summed E-state index contributed by atoms with van der Waals surface area (Å²) in [7, 11) is 4.26. The van der Waals surface area contributed by atoms with Gasteiger partial charge in [-0.1, -0.05) is 134 Å². The molecule has 0 atom stereocenters. The number of hydrogen-bond acceptors (Lipinski definition) is 4. The third-order valence-corrected chi connectivity index (χ3v) is 16.3. The van der Waals surface area contributed by atoms with E-state index in [2.05, 4.69) is 262 Å². The molecule has 404 valence electrons. The number of benzene rings is 6. The molecule has 0 N–H and O–H groups in total. The molecule has 6 heterocycles. The highest BCUT2D eigenvalue weighted by Crippen LogP contribution is 2.44. The van der Waals surface area contributed by atoms with Crippen molar-refractivity contribution in [3.8, 4) is 56.4 Å². The van der Waals surface area contributed by atoms with Gasteiger partial charge in [-0.15, -0.1) is 0 Å². The lowest BCUT2D eigenvalue weighted by Crippen LogP contribution is -2.29. The Morgan fingerprint density at radius 3 is 1.32 bits per heavy atom. The Morgan fingerprint density at radius 1 is 0.400 bits per heavy atom. The highest BCUT2D eigenvalue weighted by Gasteiger charge is 2.33. The lowest BCUT2D eigenvalue weighted by Gasteiger charge is -2.20. The molecule has 12 aromatic rings. The molecule has 8 nitrogen and oxygen atoms in total. The quantitative estimate of drug-likeness (QED) is 0.128. The second-order valence-corrected chi connectivity index (χ2v) is 23.6. The minimum Gasteiger partial charge on any atom is -0.437 e. The fraction of sp³-hybridized carbons (Fsp3) is 0.278. The van der Waals surface area contributed by atoms with E-state index in [-0.39, 0.29) is 0 Å². The van der Waals surface area contributed by atoms with Crippen LogP contribution in [0.3, 0.4) is 0 Å². The first kappa shape index (κ1) is 53.6. The Hall–Kier alpha value is -8.36. The molecule has 0 saturated carbocycles. The van der Waals surface area contributed by atoms with E-state index in [0.717, 1.165) is 66.9 Å². The number of aryl methyl sites for hydroxylation is 8. The largest absolute Gasteiger partial charge is 0.437 e. The van der Waals surface area contributed by atoms with Gasteiger partial charge in [0.2, 0.25) is 11.4 Å². The molecular formula is C72H76N6O2+2. The average molecular weight is 1060 g/mol. The van der Waals surface area contributed by atoms with Crippen molar-refractivity contribution in [3.05, 3.63) is 202 Å². The van der Waals surface area contributed by atoms with Crippen LogP contribution >= 0.6 is 0 Å². The standard InChI is InChI=1S/2C36H38N3O/c1-21(2)29-19-27(26-12-10-9-11-13-26)20-30(22(3)4)33(29)39-17-16-38(8)36(39)32-24(6)18-23(5)31-28-15-14-25(7)37-35(28)40-34(31)32;1-21(2)29-19-27(26-12-10-9-11-13-26)20-30(22(3)4)33(29)39-17-16-38(8)36(39)32-23(5)14-15-28-31-24(6)18-25(7)37-35(31)40-34(28)32/h2*9-22H,1-8H3/q2*+1. The molecule has 0 amide bonds. The zero-order valence-corrected chi connectivity index (χ0v) is 49.7. The summed E-state index contributed by atoms with van der Waals surface area (Å²) in [4.78, 5) is 9.50. The Labute approximate surface area is 472 Å². The summed E-state index contributed by atoms with van der Waals surface area (Å²) in [5, 5.41) is 4.42. The first-order chi connectivity index (χ1) is 38.3. The molecule has 12 rings (SSSR count). The van der Waals surface area contributed by atoms with Crippen molar-refractivity contribution in [1.29, 1.82) is 0 Å². The topological polar surface area (TPSA) is 69.7 Å². The minimum atomic E-state index is 0.342. The smallest absolute Gasteiger partial charge is 0.297 e. The van der Waals surface area contributed by atoms with E-state index in [9.17, 15) is 0 Å². The molecule has 0 unspecified atom stereocenters. The third kappa shape index (κ3) is 9.32. The number of hydrogen-bond donors (Lipinski definition) is 0. The van der Waals surface area contributed by atoms with Crippen LogP contribution in [0.15, 0.2) is 155 Å². The molecule has 0 radical (unpaired) electrons. The summed E-state index contributed by atoms with van der Waals surface area (Å²) >= 11 is 0. The van der Waals surface area contributed by atoms with Gasteiger partial charge in [0.05, 0.1) is 19.5 Å². The van der Waals surface area contributed by atoms with Gasteiger partial charge in [-0.2, -0.15) is 9.13 Å². The van der Waals surface area contributed by atoms with E-state index in [1.165, 1.54) is 78.1 Å². The van der Waals surface area contributed by atoms with Crippen LogP contribution in [0.4, 0.5) is 0 Å². The highest BCUT2D eigenvalue weighted by molar-refractivity contribution is 6.11. The number of nitrogens with zero attached hydrogens (tertiary/aromatic N) is 6. The predicted molar refractivity (Wildman–Crippen MR) is 331 cm³/mol. The third-order valence-electron chi connectivity index (χ3n) is 16.3. The van der Waals surface area contributed by atoms with Crippen molar-refractivity contribution in [2.24, 2.45) is 14.1 Å². The molecule has 0 aliphatic rings. The van der Waals surface area contributed by atoms with Crippen molar-refractivity contribution >= 4 is 44.1 Å². The molecule has 80 heavy (non-hydrogen) atoms. The molecule has 0 fully saturated rings. The molecule has 0 aliphatic heterocycles. The molecule has 6 aromatic heterocycles. The van der Waals surface area contributed by atoms with E-state index in [1.54, 1.807) is 0 Å².